The van der Waals surface area contributed by atoms with E-state index in [1.165, 1.54) is 12.1 Å². The Balaban J connectivity index is 2.15. The molecule has 0 aromatic heterocycles. The molecule has 1 aliphatic rings. The fraction of sp³-hybridized carbons (Fsp3) is 0.462. The standard InChI is InChI=1S/C13H17ClN2O2/c1-15(2)9-5-6-16(8-9)13(18)11-7-10(17)3-4-12(11)14/h3-4,7,9,17H,5-6,8H2,1-2H3. The van der Waals surface area contributed by atoms with Crippen LogP contribution in [0.3, 0.4) is 0 Å². The van der Waals surface area contributed by atoms with E-state index < -0.39 is 0 Å². The molecule has 1 aromatic rings. The van der Waals surface area contributed by atoms with E-state index in [0.29, 0.717) is 23.2 Å². The molecule has 1 aromatic carbocycles. The maximum absolute atomic E-state index is 12.3. The smallest absolute Gasteiger partial charge is 0.255 e. The van der Waals surface area contributed by atoms with Crippen molar-refractivity contribution in [1.29, 1.82) is 0 Å². The van der Waals surface area contributed by atoms with E-state index >= 15 is 0 Å². The first-order chi connectivity index (χ1) is 8.49. The molecule has 18 heavy (non-hydrogen) atoms. The molecule has 0 radical (unpaired) electrons. The molecule has 1 amide bonds. The van der Waals surface area contributed by atoms with E-state index in [4.69, 9.17) is 11.6 Å². The number of rotatable bonds is 2. The summed E-state index contributed by atoms with van der Waals surface area (Å²) in [6.45, 7) is 1.44. The molecule has 1 aliphatic heterocycles. The summed E-state index contributed by atoms with van der Waals surface area (Å²) < 4.78 is 0. The van der Waals surface area contributed by atoms with Crippen LogP contribution in [0.25, 0.3) is 0 Å². The van der Waals surface area contributed by atoms with Crippen LogP contribution in [0.15, 0.2) is 18.2 Å². The van der Waals surface area contributed by atoms with Gasteiger partial charge in [-0.25, -0.2) is 0 Å². The van der Waals surface area contributed by atoms with Gasteiger partial charge in [-0.05, 0) is 38.7 Å². The molecule has 2 rings (SSSR count). The number of carbonyl (C=O) groups is 1. The third-order valence-electron chi connectivity index (χ3n) is 3.36. The predicted molar refractivity (Wildman–Crippen MR) is 71.1 cm³/mol. The Hall–Kier alpha value is -1.26. The minimum Gasteiger partial charge on any atom is -0.508 e. The van der Waals surface area contributed by atoms with Gasteiger partial charge in [0.1, 0.15) is 5.75 Å². The van der Waals surface area contributed by atoms with Gasteiger partial charge in [-0.3, -0.25) is 4.79 Å². The molecule has 1 saturated heterocycles. The monoisotopic (exact) mass is 268 g/mol. The summed E-state index contributed by atoms with van der Waals surface area (Å²) in [5.41, 5.74) is 0.371. The van der Waals surface area contributed by atoms with Crippen molar-refractivity contribution in [2.75, 3.05) is 27.2 Å². The number of likely N-dealkylation sites (tertiary alicyclic amines) is 1. The third kappa shape index (κ3) is 2.60. The summed E-state index contributed by atoms with van der Waals surface area (Å²) in [6, 6.07) is 4.84. The first-order valence-corrected chi connectivity index (χ1v) is 6.31. The lowest BCUT2D eigenvalue weighted by Gasteiger charge is -2.20. The number of hydrogen-bond acceptors (Lipinski definition) is 3. The van der Waals surface area contributed by atoms with Crippen LogP contribution >= 0.6 is 11.6 Å². The van der Waals surface area contributed by atoms with E-state index in [-0.39, 0.29) is 11.7 Å². The predicted octanol–water partition coefficient (Wildman–Crippen LogP) is 1.82. The van der Waals surface area contributed by atoms with Crippen LogP contribution in [0.5, 0.6) is 5.75 Å². The molecule has 1 heterocycles. The van der Waals surface area contributed by atoms with Crippen LogP contribution in [-0.2, 0) is 0 Å². The molecular formula is C13H17ClN2O2. The molecule has 1 fully saturated rings. The summed E-state index contributed by atoms with van der Waals surface area (Å²) in [4.78, 5) is 16.2. The van der Waals surface area contributed by atoms with Gasteiger partial charge in [0, 0.05) is 19.1 Å². The molecular weight excluding hydrogens is 252 g/mol. The summed E-state index contributed by atoms with van der Waals surface area (Å²) >= 11 is 6.00. The number of nitrogens with zero attached hydrogens (tertiary/aromatic N) is 2. The van der Waals surface area contributed by atoms with Gasteiger partial charge in [0.15, 0.2) is 0 Å². The number of carbonyl (C=O) groups excluding carboxylic acids is 1. The van der Waals surface area contributed by atoms with Crippen LogP contribution in [-0.4, -0.2) is 54.0 Å². The molecule has 1 N–H and O–H groups in total. The first kappa shape index (κ1) is 13.2. The highest BCUT2D eigenvalue weighted by Crippen LogP contribution is 2.24. The lowest BCUT2D eigenvalue weighted by atomic mass is 10.2. The van der Waals surface area contributed by atoms with E-state index in [1.807, 2.05) is 14.1 Å². The van der Waals surface area contributed by atoms with E-state index in [0.717, 1.165) is 13.0 Å². The number of benzene rings is 1. The van der Waals surface area contributed by atoms with Crippen molar-refractivity contribution >= 4 is 17.5 Å². The van der Waals surface area contributed by atoms with Gasteiger partial charge in [0.2, 0.25) is 0 Å². The molecule has 0 bridgehead atoms. The molecule has 0 saturated carbocycles. The van der Waals surface area contributed by atoms with Crippen molar-refractivity contribution in [2.24, 2.45) is 0 Å². The zero-order chi connectivity index (χ0) is 13.3. The van der Waals surface area contributed by atoms with Crippen LogP contribution in [0.4, 0.5) is 0 Å². The Morgan fingerprint density at radius 2 is 2.22 bits per heavy atom. The quantitative estimate of drug-likeness (QED) is 0.890. The lowest BCUT2D eigenvalue weighted by Crippen LogP contribution is -2.34. The van der Waals surface area contributed by atoms with Gasteiger partial charge < -0.3 is 14.9 Å². The second-order valence-electron chi connectivity index (χ2n) is 4.82. The highest BCUT2D eigenvalue weighted by Gasteiger charge is 2.29. The highest BCUT2D eigenvalue weighted by atomic mass is 35.5. The molecule has 4 nitrogen and oxygen atoms in total. The number of aromatic hydroxyl groups is 1. The second-order valence-corrected chi connectivity index (χ2v) is 5.23. The number of phenolic OH excluding ortho intramolecular Hbond substituents is 1. The fourth-order valence-corrected chi connectivity index (χ4v) is 2.39. The highest BCUT2D eigenvalue weighted by molar-refractivity contribution is 6.33. The van der Waals surface area contributed by atoms with Crippen molar-refractivity contribution < 1.29 is 9.90 Å². The van der Waals surface area contributed by atoms with Crippen LogP contribution in [0.2, 0.25) is 5.02 Å². The lowest BCUT2D eigenvalue weighted by molar-refractivity contribution is 0.0783. The van der Waals surface area contributed by atoms with Gasteiger partial charge in [0.25, 0.3) is 5.91 Å². The van der Waals surface area contributed by atoms with Gasteiger partial charge >= 0.3 is 0 Å². The Bertz CT molecular complexity index is 462. The minimum atomic E-state index is -0.111. The molecule has 1 atom stereocenters. The summed E-state index contributed by atoms with van der Waals surface area (Å²) in [7, 11) is 4.03. The van der Waals surface area contributed by atoms with Crippen molar-refractivity contribution in [2.45, 2.75) is 12.5 Å². The van der Waals surface area contributed by atoms with E-state index in [2.05, 4.69) is 4.90 Å². The Kier molecular flexibility index (Phi) is 3.78. The molecule has 98 valence electrons. The van der Waals surface area contributed by atoms with Gasteiger partial charge in [0.05, 0.1) is 10.6 Å². The zero-order valence-corrected chi connectivity index (χ0v) is 11.3. The average Bonchev–Trinajstić information content (AvgIpc) is 2.81. The van der Waals surface area contributed by atoms with E-state index in [9.17, 15) is 9.90 Å². The SMILES string of the molecule is CN(C)C1CCN(C(=O)c2cc(O)ccc2Cl)C1. The van der Waals surface area contributed by atoms with Gasteiger partial charge in [-0.2, -0.15) is 0 Å². The van der Waals surface area contributed by atoms with Crippen LogP contribution in [0, 0.1) is 0 Å². The Morgan fingerprint density at radius 1 is 1.50 bits per heavy atom. The molecule has 5 heteroatoms. The van der Waals surface area contributed by atoms with Crippen molar-refractivity contribution in [3.8, 4) is 5.75 Å². The molecule has 1 unspecified atom stereocenters. The minimum absolute atomic E-state index is 0.0612. The first-order valence-electron chi connectivity index (χ1n) is 5.93. The normalized spacial score (nSPS) is 19.6. The van der Waals surface area contributed by atoms with E-state index in [1.54, 1.807) is 11.0 Å². The Morgan fingerprint density at radius 3 is 2.83 bits per heavy atom. The fourth-order valence-electron chi connectivity index (χ4n) is 2.20. The van der Waals surface area contributed by atoms with Crippen molar-refractivity contribution in [3.05, 3.63) is 28.8 Å². The largest absolute Gasteiger partial charge is 0.508 e. The maximum atomic E-state index is 12.3. The molecule has 0 spiro atoms. The maximum Gasteiger partial charge on any atom is 0.255 e. The number of halogens is 1. The number of amides is 1. The van der Waals surface area contributed by atoms with Crippen molar-refractivity contribution in [1.82, 2.24) is 9.80 Å². The summed E-state index contributed by atoms with van der Waals surface area (Å²) in [6.07, 6.45) is 0.967. The summed E-state index contributed by atoms with van der Waals surface area (Å²) in [5, 5.41) is 9.81. The van der Waals surface area contributed by atoms with Gasteiger partial charge in [-0.1, -0.05) is 11.6 Å². The average molecular weight is 269 g/mol. The number of likely N-dealkylation sites (N-methyl/N-ethyl adjacent to an activating group) is 1. The van der Waals surface area contributed by atoms with Crippen LogP contribution < -0.4 is 0 Å². The number of hydrogen-bond donors (Lipinski definition) is 1. The number of phenols is 1. The third-order valence-corrected chi connectivity index (χ3v) is 3.69. The summed E-state index contributed by atoms with van der Waals surface area (Å²) in [5.74, 6) is -0.0497. The molecule has 0 aliphatic carbocycles. The zero-order valence-electron chi connectivity index (χ0n) is 10.6. The van der Waals surface area contributed by atoms with Crippen molar-refractivity contribution in [3.63, 3.8) is 0 Å². The Labute approximate surface area is 112 Å². The van der Waals surface area contributed by atoms with Gasteiger partial charge in [-0.15, -0.1) is 0 Å². The topological polar surface area (TPSA) is 43.8 Å². The van der Waals surface area contributed by atoms with Crippen LogP contribution in [0.1, 0.15) is 16.8 Å². The second kappa shape index (κ2) is 5.16.